The van der Waals surface area contributed by atoms with Gasteiger partial charge >= 0.3 is 6.09 Å². The number of nitrogens with zero attached hydrogens (tertiary/aromatic N) is 4. The highest BCUT2D eigenvalue weighted by Gasteiger charge is 2.27. The van der Waals surface area contributed by atoms with E-state index in [1.165, 1.54) is 0 Å². The Bertz CT molecular complexity index is 639. The number of hydrogen-bond acceptors (Lipinski definition) is 7. The van der Waals surface area contributed by atoms with Gasteiger partial charge < -0.3 is 25.2 Å². The van der Waals surface area contributed by atoms with Crippen molar-refractivity contribution in [2.45, 2.75) is 45.8 Å². The van der Waals surface area contributed by atoms with Crippen LogP contribution in [0.1, 0.15) is 32.9 Å². The largest absolute Gasteiger partial charge is 0.444 e. The lowest BCUT2D eigenvalue weighted by Gasteiger charge is -2.28. The summed E-state index contributed by atoms with van der Waals surface area (Å²) >= 11 is 0. The molecule has 0 aliphatic carbocycles. The smallest absolute Gasteiger partial charge is 0.407 e. The van der Waals surface area contributed by atoms with Gasteiger partial charge in [-0.1, -0.05) is 0 Å². The topological polar surface area (TPSA) is 82.6 Å². The molecule has 2 aliphatic rings. The molecule has 0 spiro atoms. The van der Waals surface area contributed by atoms with Crippen LogP contribution in [0.2, 0.25) is 0 Å². The van der Waals surface area contributed by atoms with Gasteiger partial charge in [0, 0.05) is 51.0 Å². The van der Waals surface area contributed by atoms with Gasteiger partial charge in [0.25, 0.3) is 0 Å². The van der Waals surface area contributed by atoms with Crippen LogP contribution in [0, 0.1) is 6.92 Å². The summed E-state index contributed by atoms with van der Waals surface area (Å²) in [6, 6.07) is 2.09. The number of nitrogens with one attached hydrogen (secondary N) is 2. The summed E-state index contributed by atoms with van der Waals surface area (Å²) in [7, 11) is 0. The van der Waals surface area contributed by atoms with Gasteiger partial charge in [-0.2, -0.15) is 4.98 Å². The van der Waals surface area contributed by atoms with Crippen molar-refractivity contribution in [3.8, 4) is 0 Å². The van der Waals surface area contributed by atoms with Crippen LogP contribution in [0.25, 0.3) is 0 Å². The third-order valence-electron chi connectivity index (χ3n) is 4.46. The number of amides is 1. The number of rotatable bonds is 3. The molecule has 1 atom stereocenters. The molecule has 2 fully saturated rings. The molecule has 0 saturated carbocycles. The molecule has 0 aromatic carbocycles. The third kappa shape index (κ3) is 4.97. The zero-order valence-electron chi connectivity index (χ0n) is 16.2. The normalized spacial score (nSPS) is 21.0. The second-order valence-electron chi connectivity index (χ2n) is 7.98. The van der Waals surface area contributed by atoms with Gasteiger partial charge in [-0.15, -0.1) is 0 Å². The molecule has 3 rings (SSSR count). The van der Waals surface area contributed by atoms with Crippen molar-refractivity contribution < 1.29 is 9.53 Å². The van der Waals surface area contributed by atoms with E-state index in [0.717, 1.165) is 63.1 Å². The monoisotopic (exact) mass is 362 g/mol. The summed E-state index contributed by atoms with van der Waals surface area (Å²) in [5.41, 5.74) is 0.483. The molecule has 2 N–H and O–H groups in total. The molecular weight excluding hydrogens is 332 g/mol. The molecule has 1 aromatic rings. The van der Waals surface area contributed by atoms with Crippen molar-refractivity contribution in [3.05, 3.63) is 11.8 Å². The summed E-state index contributed by atoms with van der Waals surface area (Å²) in [6.45, 7) is 13.0. The molecule has 8 nitrogen and oxygen atoms in total. The average molecular weight is 362 g/mol. The van der Waals surface area contributed by atoms with Crippen LogP contribution in [0.5, 0.6) is 0 Å². The van der Waals surface area contributed by atoms with E-state index in [1.54, 1.807) is 0 Å². The fourth-order valence-electron chi connectivity index (χ4n) is 3.27. The summed E-state index contributed by atoms with van der Waals surface area (Å²) < 4.78 is 5.35. The van der Waals surface area contributed by atoms with Crippen molar-refractivity contribution in [2.75, 3.05) is 49.1 Å². The summed E-state index contributed by atoms with van der Waals surface area (Å²) in [6.07, 6.45) is 0.523. The van der Waals surface area contributed by atoms with Gasteiger partial charge in [0.15, 0.2) is 0 Å². The Labute approximate surface area is 155 Å². The second kappa shape index (κ2) is 7.65. The molecule has 2 aliphatic heterocycles. The summed E-state index contributed by atoms with van der Waals surface area (Å²) in [4.78, 5) is 25.8. The number of carbonyl (C=O) groups excluding carboxylic acids is 1. The van der Waals surface area contributed by atoms with E-state index in [0.29, 0.717) is 0 Å². The van der Waals surface area contributed by atoms with E-state index in [-0.39, 0.29) is 12.1 Å². The lowest BCUT2D eigenvalue weighted by molar-refractivity contribution is 0.0509. The minimum absolute atomic E-state index is 0.0720. The van der Waals surface area contributed by atoms with Crippen molar-refractivity contribution in [3.63, 3.8) is 0 Å². The maximum atomic E-state index is 12.0. The lowest BCUT2D eigenvalue weighted by Crippen LogP contribution is -2.44. The first-order valence-corrected chi connectivity index (χ1v) is 9.36. The number of ether oxygens (including phenoxy) is 1. The fraction of sp³-hybridized carbons (Fsp3) is 0.722. The molecule has 26 heavy (non-hydrogen) atoms. The SMILES string of the molecule is Cc1cc(N2CC[C@H](NC(=O)OC(C)(C)C)C2)nc(N2CCNCC2)n1. The first-order chi connectivity index (χ1) is 12.3. The van der Waals surface area contributed by atoms with E-state index in [4.69, 9.17) is 9.72 Å². The highest BCUT2D eigenvalue weighted by Crippen LogP contribution is 2.22. The average Bonchev–Trinajstić information content (AvgIpc) is 3.01. The third-order valence-corrected chi connectivity index (χ3v) is 4.46. The number of aromatic nitrogens is 2. The number of hydrogen-bond donors (Lipinski definition) is 2. The van der Waals surface area contributed by atoms with E-state index >= 15 is 0 Å². The Hall–Kier alpha value is -2.09. The number of alkyl carbamates (subject to hydrolysis) is 1. The van der Waals surface area contributed by atoms with Gasteiger partial charge in [-0.25, -0.2) is 9.78 Å². The molecule has 0 bridgehead atoms. The van der Waals surface area contributed by atoms with E-state index in [9.17, 15) is 4.79 Å². The van der Waals surface area contributed by atoms with Gasteiger partial charge in [0.1, 0.15) is 11.4 Å². The quantitative estimate of drug-likeness (QED) is 0.838. The Balaban J connectivity index is 1.63. The first-order valence-electron chi connectivity index (χ1n) is 9.36. The minimum atomic E-state index is -0.482. The first kappa shape index (κ1) is 18.7. The summed E-state index contributed by atoms with van der Waals surface area (Å²) in [5, 5.41) is 6.31. The second-order valence-corrected chi connectivity index (χ2v) is 7.98. The zero-order chi connectivity index (χ0) is 18.7. The Kier molecular flexibility index (Phi) is 5.50. The maximum Gasteiger partial charge on any atom is 0.407 e. The van der Waals surface area contributed by atoms with Crippen molar-refractivity contribution >= 4 is 17.9 Å². The van der Waals surface area contributed by atoms with Gasteiger partial charge in [-0.05, 0) is 34.1 Å². The highest BCUT2D eigenvalue weighted by molar-refractivity contribution is 5.68. The van der Waals surface area contributed by atoms with Gasteiger partial charge in [0.2, 0.25) is 5.95 Å². The van der Waals surface area contributed by atoms with E-state index in [1.807, 2.05) is 33.8 Å². The van der Waals surface area contributed by atoms with Crippen LogP contribution in [0.3, 0.4) is 0 Å². The number of anilines is 2. The maximum absolute atomic E-state index is 12.0. The minimum Gasteiger partial charge on any atom is -0.444 e. The van der Waals surface area contributed by atoms with Crippen LogP contribution in [-0.2, 0) is 4.74 Å². The molecule has 8 heteroatoms. The molecule has 2 saturated heterocycles. The number of carbonyl (C=O) groups is 1. The van der Waals surface area contributed by atoms with Crippen LogP contribution in [0.15, 0.2) is 6.07 Å². The predicted octanol–water partition coefficient (Wildman–Crippen LogP) is 1.30. The molecular formula is C18H30N6O2. The lowest BCUT2D eigenvalue weighted by atomic mass is 10.2. The van der Waals surface area contributed by atoms with Gasteiger partial charge in [-0.3, -0.25) is 0 Å². The zero-order valence-corrected chi connectivity index (χ0v) is 16.2. The fourth-order valence-corrected chi connectivity index (χ4v) is 3.27. The Morgan fingerprint density at radius 1 is 1.23 bits per heavy atom. The standard InChI is InChI=1S/C18H30N6O2/c1-13-11-15(22-16(20-13)23-9-6-19-7-10-23)24-8-5-14(12-24)21-17(25)26-18(2,3)4/h11,14,19H,5-10,12H2,1-4H3,(H,21,25)/t14-/m0/s1. The number of piperazine rings is 1. The van der Waals surface area contributed by atoms with Crippen molar-refractivity contribution in [2.24, 2.45) is 0 Å². The molecule has 1 amide bonds. The van der Waals surface area contributed by atoms with Crippen LogP contribution in [0.4, 0.5) is 16.6 Å². The molecule has 144 valence electrons. The van der Waals surface area contributed by atoms with Crippen molar-refractivity contribution in [1.82, 2.24) is 20.6 Å². The van der Waals surface area contributed by atoms with E-state index < -0.39 is 5.60 Å². The van der Waals surface area contributed by atoms with Crippen LogP contribution < -0.4 is 20.4 Å². The number of aryl methyl sites for hydroxylation is 1. The molecule has 3 heterocycles. The summed E-state index contributed by atoms with van der Waals surface area (Å²) in [5.74, 6) is 1.73. The van der Waals surface area contributed by atoms with Crippen LogP contribution >= 0.6 is 0 Å². The molecule has 1 aromatic heterocycles. The Morgan fingerprint density at radius 3 is 2.65 bits per heavy atom. The van der Waals surface area contributed by atoms with E-state index in [2.05, 4.69) is 25.4 Å². The Morgan fingerprint density at radius 2 is 1.96 bits per heavy atom. The molecule has 0 unspecified atom stereocenters. The highest BCUT2D eigenvalue weighted by atomic mass is 16.6. The van der Waals surface area contributed by atoms with Gasteiger partial charge in [0.05, 0.1) is 6.04 Å². The predicted molar refractivity (Wildman–Crippen MR) is 102 cm³/mol. The van der Waals surface area contributed by atoms with Crippen molar-refractivity contribution in [1.29, 1.82) is 0 Å². The van der Waals surface area contributed by atoms with Crippen LogP contribution in [-0.4, -0.2) is 67.0 Å². The molecule has 0 radical (unpaired) electrons.